The first kappa shape index (κ1) is 13.6. The summed E-state index contributed by atoms with van der Waals surface area (Å²) in [5.41, 5.74) is 0.854. The zero-order chi connectivity index (χ0) is 13.9. The highest BCUT2D eigenvalue weighted by molar-refractivity contribution is 6.32. The van der Waals surface area contributed by atoms with E-state index in [0.29, 0.717) is 42.1 Å². The molecule has 0 spiro atoms. The first-order valence-electron chi connectivity index (χ1n) is 7.07. The van der Waals surface area contributed by atoms with Crippen LogP contribution in [0.4, 0.5) is 0 Å². The molecule has 3 rings (SSSR count). The number of ether oxygens (including phenoxy) is 2. The lowest BCUT2D eigenvalue weighted by Crippen LogP contribution is -2.27. The molecule has 1 fully saturated rings. The molecule has 2 aliphatic rings. The maximum atomic E-state index is 11.9. The van der Waals surface area contributed by atoms with E-state index in [4.69, 9.17) is 21.1 Å². The summed E-state index contributed by atoms with van der Waals surface area (Å²) in [5.74, 6) is 1.94. The van der Waals surface area contributed by atoms with Crippen molar-refractivity contribution < 1.29 is 14.3 Å². The van der Waals surface area contributed by atoms with Crippen LogP contribution in [0.2, 0.25) is 5.02 Å². The molecular weight excluding hydrogens is 278 g/mol. The van der Waals surface area contributed by atoms with Gasteiger partial charge in [0.2, 0.25) is 5.91 Å². The number of halogens is 1. The zero-order valence-electron chi connectivity index (χ0n) is 11.3. The number of amides is 1. The summed E-state index contributed by atoms with van der Waals surface area (Å²) in [7, 11) is 0. The molecule has 5 heteroatoms. The predicted molar refractivity (Wildman–Crippen MR) is 76.5 cm³/mol. The first-order valence-corrected chi connectivity index (χ1v) is 7.45. The zero-order valence-corrected chi connectivity index (χ0v) is 12.0. The van der Waals surface area contributed by atoms with Gasteiger partial charge in [0.15, 0.2) is 11.5 Å². The van der Waals surface area contributed by atoms with Gasteiger partial charge in [-0.05, 0) is 36.5 Å². The topological polar surface area (TPSA) is 47.6 Å². The molecule has 1 aliphatic carbocycles. The van der Waals surface area contributed by atoms with Gasteiger partial charge in [-0.1, -0.05) is 11.6 Å². The van der Waals surface area contributed by atoms with Gasteiger partial charge in [-0.25, -0.2) is 0 Å². The Morgan fingerprint density at radius 1 is 1.30 bits per heavy atom. The molecule has 0 aromatic heterocycles. The van der Waals surface area contributed by atoms with Crippen LogP contribution in [0.25, 0.3) is 0 Å². The molecule has 1 amide bonds. The lowest BCUT2D eigenvalue weighted by Gasteiger charge is -2.11. The van der Waals surface area contributed by atoms with Crippen LogP contribution in [0, 0.1) is 5.92 Å². The fourth-order valence-electron chi connectivity index (χ4n) is 2.21. The van der Waals surface area contributed by atoms with Crippen molar-refractivity contribution in [3.05, 3.63) is 22.7 Å². The fourth-order valence-corrected chi connectivity index (χ4v) is 2.50. The average molecular weight is 296 g/mol. The maximum absolute atomic E-state index is 11.9. The van der Waals surface area contributed by atoms with Gasteiger partial charge in [0.1, 0.15) is 0 Å². The Balaban J connectivity index is 1.68. The van der Waals surface area contributed by atoms with E-state index in [1.54, 1.807) is 6.07 Å². The average Bonchev–Trinajstić information content (AvgIpc) is 3.23. The van der Waals surface area contributed by atoms with E-state index < -0.39 is 0 Å². The summed E-state index contributed by atoms with van der Waals surface area (Å²) < 4.78 is 11.2. The SMILES string of the molecule is O=C(Cc1cc(Cl)c2c(c1)OCCCO2)NCC1CC1. The highest BCUT2D eigenvalue weighted by atomic mass is 35.5. The number of benzene rings is 1. The molecule has 1 aromatic rings. The highest BCUT2D eigenvalue weighted by Gasteiger charge is 2.22. The van der Waals surface area contributed by atoms with Crippen molar-refractivity contribution in [2.75, 3.05) is 19.8 Å². The third-order valence-corrected chi connectivity index (χ3v) is 3.79. The third-order valence-electron chi connectivity index (χ3n) is 3.51. The molecule has 20 heavy (non-hydrogen) atoms. The van der Waals surface area contributed by atoms with Crippen molar-refractivity contribution >= 4 is 17.5 Å². The second-order valence-electron chi connectivity index (χ2n) is 5.38. The van der Waals surface area contributed by atoms with Gasteiger partial charge in [-0.2, -0.15) is 0 Å². The number of carbonyl (C=O) groups excluding carboxylic acids is 1. The van der Waals surface area contributed by atoms with Gasteiger partial charge in [0.25, 0.3) is 0 Å². The molecule has 1 aromatic carbocycles. The van der Waals surface area contributed by atoms with Crippen LogP contribution in [0.1, 0.15) is 24.8 Å². The number of fused-ring (bicyclic) bond motifs is 1. The van der Waals surface area contributed by atoms with Crippen molar-refractivity contribution in [3.8, 4) is 11.5 Å². The second kappa shape index (κ2) is 5.92. The van der Waals surface area contributed by atoms with Crippen molar-refractivity contribution in [1.82, 2.24) is 5.32 Å². The van der Waals surface area contributed by atoms with Gasteiger partial charge in [-0.15, -0.1) is 0 Å². The van der Waals surface area contributed by atoms with Gasteiger partial charge < -0.3 is 14.8 Å². The maximum Gasteiger partial charge on any atom is 0.224 e. The van der Waals surface area contributed by atoms with Crippen molar-refractivity contribution in [1.29, 1.82) is 0 Å². The second-order valence-corrected chi connectivity index (χ2v) is 5.79. The fraction of sp³-hybridized carbons (Fsp3) is 0.533. The molecule has 1 saturated carbocycles. The Labute approximate surface area is 123 Å². The van der Waals surface area contributed by atoms with E-state index in [9.17, 15) is 4.79 Å². The lowest BCUT2D eigenvalue weighted by atomic mass is 10.1. The van der Waals surface area contributed by atoms with Crippen LogP contribution in [-0.4, -0.2) is 25.7 Å². The largest absolute Gasteiger partial charge is 0.489 e. The van der Waals surface area contributed by atoms with Crippen LogP contribution in [-0.2, 0) is 11.2 Å². The Hall–Kier alpha value is -1.42. The summed E-state index contributed by atoms with van der Waals surface area (Å²) in [4.78, 5) is 11.9. The lowest BCUT2D eigenvalue weighted by molar-refractivity contribution is -0.120. The van der Waals surface area contributed by atoms with Gasteiger partial charge >= 0.3 is 0 Å². The quantitative estimate of drug-likeness (QED) is 0.929. The van der Waals surface area contributed by atoms with E-state index in [0.717, 1.165) is 18.5 Å². The summed E-state index contributed by atoms with van der Waals surface area (Å²) in [6, 6.07) is 3.63. The van der Waals surface area contributed by atoms with Crippen LogP contribution in [0.3, 0.4) is 0 Å². The van der Waals surface area contributed by atoms with Crippen LogP contribution in [0.5, 0.6) is 11.5 Å². The first-order chi connectivity index (χ1) is 9.72. The smallest absolute Gasteiger partial charge is 0.224 e. The van der Waals surface area contributed by atoms with Crippen LogP contribution in [0.15, 0.2) is 12.1 Å². The number of hydrogen-bond donors (Lipinski definition) is 1. The van der Waals surface area contributed by atoms with Crippen molar-refractivity contribution in [3.63, 3.8) is 0 Å². The minimum atomic E-state index is 0.0301. The molecular formula is C15H18ClNO3. The summed E-state index contributed by atoms with van der Waals surface area (Å²) in [5, 5.41) is 3.46. The number of carbonyl (C=O) groups is 1. The summed E-state index contributed by atoms with van der Waals surface area (Å²) in [6.45, 7) is 2.01. The van der Waals surface area contributed by atoms with E-state index in [2.05, 4.69) is 5.32 Å². The standard InChI is InChI=1S/C15H18ClNO3/c16-12-6-11(8-14(18)17-9-10-2-3-10)7-13-15(12)20-5-1-4-19-13/h6-7,10H,1-5,8-9H2,(H,17,18). The minimum absolute atomic E-state index is 0.0301. The van der Waals surface area contributed by atoms with Gasteiger partial charge in [0, 0.05) is 13.0 Å². The summed E-state index contributed by atoms with van der Waals surface area (Å²) >= 11 is 6.20. The number of rotatable bonds is 4. The van der Waals surface area contributed by atoms with E-state index >= 15 is 0 Å². The Morgan fingerprint density at radius 2 is 2.10 bits per heavy atom. The normalized spacial score (nSPS) is 17.4. The van der Waals surface area contributed by atoms with Crippen LogP contribution < -0.4 is 14.8 Å². The Kier molecular flexibility index (Phi) is 4.01. The van der Waals surface area contributed by atoms with Crippen molar-refractivity contribution in [2.24, 2.45) is 5.92 Å². The van der Waals surface area contributed by atoms with Crippen molar-refractivity contribution in [2.45, 2.75) is 25.7 Å². The third kappa shape index (κ3) is 3.37. The molecule has 1 N–H and O–H groups in total. The van der Waals surface area contributed by atoms with Crippen LogP contribution >= 0.6 is 11.6 Å². The molecule has 0 atom stereocenters. The van der Waals surface area contributed by atoms with E-state index in [1.807, 2.05) is 6.07 Å². The molecule has 0 radical (unpaired) electrons. The van der Waals surface area contributed by atoms with Gasteiger partial charge in [-0.3, -0.25) is 4.79 Å². The minimum Gasteiger partial charge on any atom is -0.489 e. The number of hydrogen-bond acceptors (Lipinski definition) is 3. The molecule has 1 aliphatic heterocycles. The van der Waals surface area contributed by atoms with Gasteiger partial charge in [0.05, 0.1) is 24.7 Å². The highest BCUT2D eigenvalue weighted by Crippen LogP contribution is 2.38. The number of nitrogens with one attached hydrogen (secondary N) is 1. The van der Waals surface area contributed by atoms with E-state index in [-0.39, 0.29) is 5.91 Å². The Bertz CT molecular complexity index is 514. The molecule has 108 valence electrons. The summed E-state index contributed by atoms with van der Waals surface area (Å²) in [6.07, 6.45) is 3.62. The monoisotopic (exact) mass is 295 g/mol. The molecule has 4 nitrogen and oxygen atoms in total. The molecule has 0 bridgehead atoms. The Morgan fingerprint density at radius 3 is 2.90 bits per heavy atom. The predicted octanol–water partition coefficient (Wildman–Crippen LogP) is 2.57. The molecule has 0 unspecified atom stereocenters. The van der Waals surface area contributed by atoms with E-state index in [1.165, 1.54) is 12.8 Å². The molecule has 1 heterocycles. The molecule has 0 saturated heterocycles.